The van der Waals surface area contributed by atoms with Crippen molar-refractivity contribution in [2.45, 2.75) is 103 Å². The Hall–Kier alpha value is -2.89. The van der Waals surface area contributed by atoms with Crippen molar-refractivity contribution in [2.24, 2.45) is 5.41 Å². The summed E-state index contributed by atoms with van der Waals surface area (Å²) in [6, 6.07) is 5.93. The SMILES string of the molecule is C#CCCC(=O)N[C@H]1C[C@@H](C(=O)C[C@@H]2CCCc3ccccc32)N(C(=O)[C@@H](NC(=O)[C@H](C)NC)C(C)(C)C)C1.Cl. The molecule has 9 heteroatoms. The predicted molar refractivity (Wildman–Crippen MR) is 159 cm³/mol. The maximum atomic E-state index is 14.0. The van der Waals surface area contributed by atoms with Gasteiger partial charge in [-0.15, -0.1) is 24.8 Å². The first kappa shape index (κ1) is 33.3. The minimum atomic E-state index is -0.831. The number of carbonyl (C=O) groups excluding carboxylic acids is 4. The van der Waals surface area contributed by atoms with Crippen LogP contribution in [-0.2, 0) is 25.6 Å². The number of carbonyl (C=O) groups is 4. The number of nitrogens with one attached hydrogen (secondary N) is 3. The Labute approximate surface area is 245 Å². The van der Waals surface area contributed by atoms with Gasteiger partial charge in [0.15, 0.2) is 5.78 Å². The number of likely N-dealkylation sites (N-methyl/N-ethyl adjacent to an activating group) is 1. The van der Waals surface area contributed by atoms with Crippen LogP contribution in [0.2, 0.25) is 0 Å². The Bertz CT molecular complexity index is 1110. The maximum absolute atomic E-state index is 14.0. The van der Waals surface area contributed by atoms with Crippen LogP contribution in [0, 0.1) is 17.8 Å². The molecule has 220 valence electrons. The molecule has 0 radical (unpaired) electrons. The molecular weight excluding hydrogens is 528 g/mol. The molecule has 3 amide bonds. The van der Waals surface area contributed by atoms with E-state index in [4.69, 9.17) is 6.42 Å². The molecule has 1 aliphatic heterocycles. The third kappa shape index (κ3) is 8.31. The van der Waals surface area contributed by atoms with E-state index < -0.39 is 23.5 Å². The van der Waals surface area contributed by atoms with Gasteiger partial charge < -0.3 is 20.9 Å². The number of hydrogen-bond acceptors (Lipinski definition) is 5. The van der Waals surface area contributed by atoms with Crippen molar-refractivity contribution in [3.8, 4) is 12.3 Å². The molecule has 5 atom stereocenters. The predicted octanol–water partition coefficient (Wildman–Crippen LogP) is 3.13. The summed E-state index contributed by atoms with van der Waals surface area (Å²) in [5.41, 5.74) is 1.91. The number of rotatable bonds is 10. The first-order valence-electron chi connectivity index (χ1n) is 14.1. The summed E-state index contributed by atoms with van der Waals surface area (Å²) in [5.74, 6) is 1.79. The van der Waals surface area contributed by atoms with Crippen molar-refractivity contribution in [2.75, 3.05) is 13.6 Å². The minimum absolute atomic E-state index is 0. The average molecular weight is 573 g/mol. The number of aryl methyl sites for hydroxylation is 1. The average Bonchev–Trinajstić information content (AvgIpc) is 3.32. The molecule has 2 aliphatic rings. The molecular formula is C31H45ClN4O4. The fourth-order valence-electron chi connectivity index (χ4n) is 5.63. The van der Waals surface area contributed by atoms with Gasteiger partial charge in [0, 0.05) is 31.8 Å². The van der Waals surface area contributed by atoms with Crippen molar-refractivity contribution < 1.29 is 19.2 Å². The molecule has 0 unspecified atom stereocenters. The lowest BCUT2D eigenvalue weighted by atomic mass is 9.79. The fourth-order valence-corrected chi connectivity index (χ4v) is 5.63. The lowest BCUT2D eigenvalue weighted by Gasteiger charge is -2.36. The van der Waals surface area contributed by atoms with E-state index >= 15 is 0 Å². The van der Waals surface area contributed by atoms with Gasteiger partial charge in [0.25, 0.3) is 0 Å². The zero-order valence-electron chi connectivity index (χ0n) is 24.4. The van der Waals surface area contributed by atoms with Crippen LogP contribution in [-0.4, -0.2) is 66.2 Å². The Morgan fingerprint density at radius 1 is 1.18 bits per heavy atom. The number of nitrogens with zero attached hydrogens (tertiary/aromatic N) is 1. The van der Waals surface area contributed by atoms with Crippen molar-refractivity contribution in [1.82, 2.24) is 20.9 Å². The minimum Gasteiger partial charge on any atom is -0.351 e. The van der Waals surface area contributed by atoms with Gasteiger partial charge in [0.2, 0.25) is 17.7 Å². The monoisotopic (exact) mass is 572 g/mol. The maximum Gasteiger partial charge on any atom is 0.246 e. The topological polar surface area (TPSA) is 108 Å². The number of hydrogen-bond donors (Lipinski definition) is 3. The normalized spacial score (nSPS) is 21.7. The van der Waals surface area contributed by atoms with E-state index in [-0.39, 0.29) is 60.8 Å². The quantitative estimate of drug-likeness (QED) is 0.373. The molecule has 8 nitrogen and oxygen atoms in total. The Kier molecular flexibility index (Phi) is 12.2. The highest BCUT2D eigenvalue weighted by Crippen LogP contribution is 2.36. The second-order valence-electron chi connectivity index (χ2n) is 12.0. The lowest BCUT2D eigenvalue weighted by molar-refractivity contribution is -0.143. The molecule has 3 rings (SSSR count). The summed E-state index contributed by atoms with van der Waals surface area (Å²) in [6.45, 7) is 7.62. The van der Waals surface area contributed by atoms with Gasteiger partial charge in [-0.1, -0.05) is 45.0 Å². The van der Waals surface area contributed by atoms with Gasteiger partial charge in [0.1, 0.15) is 6.04 Å². The largest absolute Gasteiger partial charge is 0.351 e. The number of benzene rings is 1. The zero-order chi connectivity index (χ0) is 28.7. The van der Waals surface area contributed by atoms with Crippen LogP contribution in [0.15, 0.2) is 24.3 Å². The molecule has 1 aromatic rings. The standard InChI is InChI=1S/C31H44N4O4.ClH/c1-7-8-16-27(37)33-23-18-25(26(36)17-22-14-11-13-21-12-9-10-15-24(21)22)35(19-23)30(39)28(31(3,4)5)34-29(38)20(2)32-6;/h1,9-10,12,15,20,22-23,25,28,32H,8,11,13-14,16-19H2,2-6H3,(H,33,37)(H,34,38);1H/t20-,22-,23-,25-,28+;/m0./s1. The van der Waals surface area contributed by atoms with Crippen LogP contribution in [0.4, 0.5) is 0 Å². The number of terminal acetylenes is 1. The molecule has 1 aliphatic carbocycles. The van der Waals surface area contributed by atoms with Gasteiger partial charge in [0.05, 0.1) is 12.1 Å². The second kappa shape index (κ2) is 14.7. The summed E-state index contributed by atoms with van der Waals surface area (Å²) < 4.78 is 0. The summed E-state index contributed by atoms with van der Waals surface area (Å²) >= 11 is 0. The molecule has 1 heterocycles. The van der Waals surface area contributed by atoms with Crippen LogP contribution < -0.4 is 16.0 Å². The van der Waals surface area contributed by atoms with Crippen LogP contribution in [0.25, 0.3) is 0 Å². The highest BCUT2D eigenvalue weighted by atomic mass is 35.5. The molecule has 0 bridgehead atoms. The van der Waals surface area contributed by atoms with Crippen LogP contribution in [0.1, 0.15) is 83.3 Å². The van der Waals surface area contributed by atoms with Gasteiger partial charge >= 0.3 is 0 Å². The van der Waals surface area contributed by atoms with Gasteiger partial charge in [-0.2, -0.15) is 0 Å². The highest BCUT2D eigenvalue weighted by Gasteiger charge is 2.45. The van der Waals surface area contributed by atoms with Crippen LogP contribution in [0.5, 0.6) is 0 Å². The van der Waals surface area contributed by atoms with Crippen LogP contribution >= 0.6 is 12.4 Å². The number of amides is 3. The summed E-state index contributed by atoms with van der Waals surface area (Å²) in [5, 5.41) is 8.78. The number of halogens is 1. The zero-order valence-corrected chi connectivity index (χ0v) is 25.2. The smallest absolute Gasteiger partial charge is 0.246 e. The Morgan fingerprint density at radius 3 is 2.52 bits per heavy atom. The number of likely N-dealkylation sites (tertiary alicyclic amines) is 1. The van der Waals surface area contributed by atoms with Crippen molar-refractivity contribution in [3.05, 3.63) is 35.4 Å². The van der Waals surface area contributed by atoms with E-state index in [9.17, 15) is 19.2 Å². The first-order valence-corrected chi connectivity index (χ1v) is 14.1. The molecule has 1 aromatic carbocycles. The van der Waals surface area contributed by atoms with E-state index in [1.165, 1.54) is 11.1 Å². The fraction of sp³-hybridized carbons (Fsp3) is 0.613. The molecule has 0 aromatic heterocycles. The number of ketones is 1. The van der Waals surface area contributed by atoms with E-state index in [1.807, 2.05) is 32.9 Å². The molecule has 0 saturated carbocycles. The molecule has 40 heavy (non-hydrogen) atoms. The first-order chi connectivity index (χ1) is 18.5. The van der Waals surface area contributed by atoms with E-state index in [2.05, 4.69) is 34.0 Å². The summed E-state index contributed by atoms with van der Waals surface area (Å²) in [4.78, 5) is 54.7. The lowest BCUT2D eigenvalue weighted by Crippen LogP contribution is -2.59. The second-order valence-corrected chi connectivity index (χ2v) is 12.0. The highest BCUT2D eigenvalue weighted by molar-refractivity contribution is 5.95. The summed E-state index contributed by atoms with van der Waals surface area (Å²) in [6.07, 6.45) is 9.48. The molecule has 1 fully saturated rings. The van der Waals surface area contributed by atoms with E-state index in [0.717, 1.165) is 19.3 Å². The third-order valence-electron chi connectivity index (χ3n) is 7.98. The molecule has 0 spiro atoms. The molecule has 1 saturated heterocycles. The van der Waals surface area contributed by atoms with Crippen LogP contribution in [0.3, 0.4) is 0 Å². The third-order valence-corrected chi connectivity index (χ3v) is 7.98. The molecule has 3 N–H and O–H groups in total. The Balaban J connectivity index is 0.00000560. The van der Waals surface area contributed by atoms with Gasteiger partial charge in [-0.3, -0.25) is 19.2 Å². The van der Waals surface area contributed by atoms with Crippen molar-refractivity contribution in [3.63, 3.8) is 0 Å². The van der Waals surface area contributed by atoms with Crippen molar-refractivity contribution >= 4 is 35.9 Å². The van der Waals surface area contributed by atoms with Gasteiger partial charge in [-0.05, 0) is 62.1 Å². The number of Topliss-reactive ketones (excluding diaryl/α,β-unsaturated/α-hetero) is 1. The Morgan fingerprint density at radius 2 is 1.88 bits per heavy atom. The number of fused-ring (bicyclic) bond motifs is 1. The summed E-state index contributed by atoms with van der Waals surface area (Å²) in [7, 11) is 1.68. The van der Waals surface area contributed by atoms with E-state index in [0.29, 0.717) is 19.3 Å². The van der Waals surface area contributed by atoms with E-state index in [1.54, 1.807) is 18.9 Å². The van der Waals surface area contributed by atoms with Gasteiger partial charge in [-0.25, -0.2) is 0 Å². The van der Waals surface area contributed by atoms with Crippen molar-refractivity contribution in [1.29, 1.82) is 0 Å².